The van der Waals surface area contributed by atoms with E-state index in [1.807, 2.05) is 46.8 Å². The number of amides is 1. The van der Waals surface area contributed by atoms with Gasteiger partial charge in [0.15, 0.2) is 0 Å². The van der Waals surface area contributed by atoms with Crippen LogP contribution in [0.2, 0.25) is 0 Å². The molecule has 1 aromatic rings. The summed E-state index contributed by atoms with van der Waals surface area (Å²) in [6, 6.07) is 5.50. The van der Waals surface area contributed by atoms with Crippen LogP contribution in [0.4, 0.5) is 4.79 Å². The summed E-state index contributed by atoms with van der Waals surface area (Å²) >= 11 is 0. The summed E-state index contributed by atoms with van der Waals surface area (Å²) in [5.74, 6) is 0. The molecule has 1 aliphatic heterocycles. The molecule has 5 nitrogen and oxygen atoms in total. The van der Waals surface area contributed by atoms with E-state index in [0.717, 1.165) is 16.7 Å². The molecule has 0 radical (unpaired) electrons. The van der Waals surface area contributed by atoms with Crippen LogP contribution in [0.3, 0.4) is 0 Å². The van der Waals surface area contributed by atoms with Crippen LogP contribution in [-0.2, 0) is 4.74 Å². The number of likely N-dealkylation sites (tertiary alicyclic amines) is 1. The van der Waals surface area contributed by atoms with Gasteiger partial charge < -0.3 is 20.5 Å². The second kappa shape index (κ2) is 5.56. The van der Waals surface area contributed by atoms with Crippen LogP contribution in [-0.4, -0.2) is 40.4 Å². The van der Waals surface area contributed by atoms with Crippen molar-refractivity contribution in [1.29, 1.82) is 0 Å². The van der Waals surface area contributed by atoms with Gasteiger partial charge in [-0.1, -0.05) is 29.3 Å². The van der Waals surface area contributed by atoms with Gasteiger partial charge in [0.25, 0.3) is 0 Å². The van der Waals surface area contributed by atoms with Crippen molar-refractivity contribution in [2.45, 2.75) is 51.9 Å². The minimum absolute atomic E-state index is 0.191. The zero-order valence-corrected chi connectivity index (χ0v) is 14.0. The minimum atomic E-state index is -1.10. The predicted molar refractivity (Wildman–Crippen MR) is 85.6 cm³/mol. The highest BCUT2D eigenvalue weighted by molar-refractivity contribution is 5.69. The molecule has 0 aliphatic carbocycles. The standard InChI is InChI=1S/C17H26N2O3/c1-11-6-12(2)8-13(7-11)14(18)17(21)9-19(10-17)15(20)22-16(3,4)5/h6-8,14,21H,9-10,18H2,1-5H3. The first-order valence-electron chi connectivity index (χ1n) is 7.54. The Bertz CT molecular complexity index is 552. The number of nitrogens with zero attached hydrogens (tertiary/aromatic N) is 1. The van der Waals surface area contributed by atoms with Crippen LogP contribution in [0.1, 0.15) is 43.5 Å². The molecule has 1 aromatic carbocycles. The van der Waals surface area contributed by atoms with Crippen LogP contribution in [0.5, 0.6) is 0 Å². The molecule has 5 heteroatoms. The number of benzene rings is 1. The highest BCUT2D eigenvalue weighted by atomic mass is 16.6. The fraction of sp³-hybridized carbons (Fsp3) is 0.588. The summed E-state index contributed by atoms with van der Waals surface area (Å²) in [7, 11) is 0. The monoisotopic (exact) mass is 306 g/mol. The van der Waals surface area contributed by atoms with E-state index in [2.05, 4.69) is 6.07 Å². The van der Waals surface area contributed by atoms with Crippen LogP contribution >= 0.6 is 0 Å². The van der Waals surface area contributed by atoms with Gasteiger partial charge in [-0.3, -0.25) is 0 Å². The van der Waals surface area contributed by atoms with Gasteiger partial charge in [0, 0.05) is 0 Å². The maximum atomic E-state index is 11.9. The molecule has 22 heavy (non-hydrogen) atoms. The maximum absolute atomic E-state index is 11.9. The smallest absolute Gasteiger partial charge is 0.410 e. The first-order valence-corrected chi connectivity index (χ1v) is 7.54. The topological polar surface area (TPSA) is 75.8 Å². The average Bonchev–Trinajstić information content (AvgIpc) is 2.30. The summed E-state index contributed by atoms with van der Waals surface area (Å²) in [5, 5.41) is 10.7. The molecule has 1 atom stereocenters. The quantitative estimate of drug-likeness (QED) is 0.879. The number of nitrogens with two attached hydrogens (primary N) is 1. The molecule has 1 heterocycles. The number of hydrogen-bond acceptors (Lipinski definition) is 4. The number of hydrogen-bond donors (Lipinski definition) is 2. The Balaban J connectivity index is 2.04. The molecule has 1 saturated heterocycles. The van der Waals surface area contributed by atoms with Crippen molar-refractivity contribution in [2.75, 3.05) is 13.1 Å². The van der Waals surface area contributed by atoms with E-state index in [1.165, 1.54) is 4.90 Å². The number of aliphatic hydroxyl groups is 1. The van der Waals surface area contributed by atoms with Gasteiger partial charge in [0.1, 0.15) is 11.2 Å². The lowest BCUT2D eigenvalue weighted by atomic mass is 9.82. The van der Waals surface area contributed by atoms with E-state index in [-0.39, 0.29) is 13.1 Å². The van der Waals surface area contributed by atoms with E-state index in [9.17, 15) is 9.90 Å². The van der Waals surface area contributed by atoms with Crippen molar-refractivity contribution in [3.05, 3.63) is 34.9 Å². The Labute approximate surface area is 132 Å². The molecule has 0 aromatic heterocycles. The van der Waals surface area contributed by atoms with Gasteiger partial charge in [-0.05, 0) is 40.2 Å². The lowest BCUT2D eigenvalue weighted by Crippen LogP contribution is -2.68. The summed E-state index contributed by atoms with van der Waals surface area (Å²) in [4.78, 5) is 13.4. The van der Waals surface area contributed by atoms with Crippen molar-refractivity contribution < 1.29 is 14.6 Å². The van der Waals surface area contributed by atoms with Gasteiger partial charge in [-0.15, -0.1) is 0 Å². The average molecular weight is 306 g/mol. The first kappa shape index (κ1) is 16.8. The number of carbonyl (C=O) groups excluding carboxylic acids is 1. The molecule has 1 aliphatic rings. The largest absolute Gasteiger partial charge is 0.444 e. The zero-order valence-electron chi connectivity index (χ0n) is 14.0. The van der Waals surface area contributed by atoms with E-state index in [0.29, 0.717) is 0 Å². The third-order valence-corrected chi connectivity index (χ3v) is 3.76. The van der Waals surface area contributed by atoms with E-state index < -0.39 is 23.3 Å². The normalized spacial score (nSPS) is 18.6. The van der Waals surface area contributed by atoms with E-state index >= 15 is 0 Å². The molecule has 1 fully saturated rings. The first-order chi connectivity index (χ1) is 10.00. The summed E-state index contributed by atoms with van der Waals surface area (Å²) in [5.41, 5.74) is 7.70. The van der Waals surface area contributed by atoms with E-state index in [4.69, 9.17) is 10.5 Å². The number of ether oxygens (including phenoxy) is 1. The summed E-state index contributed by atoms with van der Waals surface area (Å²) in [6.45, 7) is 9.84. The number of carbonyl (C=O) groups is 1. The second-order valence-electron chi connectivity index (χ2n) is 7.34. The summed E-state index contributed by atoms with van der Waals surface area (Å²) < 4.78 is 5.29. The Morgan fingerprint density at radius 2 is 1.77 bits per heavy atom. The van der Waals surface area contributed by atoms with E-state index in [1.54, 1.807) is 0 Å². The highest BCUT2D eigenvalue weighted by Gasteiger charge is 2.49. The van der Waals surface area contributed by atoms with Crippen LogP contribution in [0.15, 0.2) is 18.2 Å². The highest BCUT2D eigenvalue weighted by Crippen LogP contribution is 2.34. The lowest BCUT2D eigenvalue weighted by Gasteiger charge is -2.49. The molecule has 0 bridgehead atoms. The summed E-state index contributed by atoms with van der Waals surface area (Å²) in [6.07, 6.45) is -0.412. The van der Waals surface area contributed by atoms with Crippen molar-refractivity contribution in [3.63, 3.8) is 0 Å². The molecular weight excluding hydrogens is 280 g/mol. The third-order valence-electron chi connectivity index (χ3n) is 3.76. The van der Waals surface area contributed by atoms with Crippen LogP contribution in [0.25, 0.3) is 0 Å². The van der Waals surface area contributed by atoms with Crippen molar-refractivity contribution in [1.82, 2.24) is 4.90 Å². The number of rotatable bonds is 2. The fourth-order valence-electron chi connectivity index (χ4n) is 2.77. The molecule has 3 N–H and O–H groups in total. The van der Waals surface area contributed by atoms with Crippen molar-refractivity contribution in [2.24, 2.45) is 5.73 Å². The Morgan fingerprint density at radius 3 is 2.23 bits per heavy atom. The maximum Gasteiger partial charge on any atom is 0.410 e. The molecular formula is C17H26N2O3. The zero-order chi connectivity index (χ0) is 16.7. The Morgan fingerprint density at radius 1 is 1.27 bits per heavy atom. The molecule has 0 spiro atoms. The van der Waals surface area contributed by atoms with Crippen molar-refractivity contribution >= 4 is 6.09 Å². The van der Waals surface area contributed by atoms with Gasteiger partial charge in [0.05, 0.1) is 19.1 Å². The fourth-order valence-corrected chi connectivity index (χ4v) is 2.77. The van der Waals surface area contributed by atoms with Crippen LogP contribution < -0.4 is 5.73 Å². The molecule has 1 unspecified atom stereocenters. The molecule has 0 saturated carbocycles. The van der Waals surface area contributed by atoms with Gasteiger partial charge in [-0.2, -0.15) is 0 Å². The number of β-amino-alcohol motifs (C(OH)–C–C–N with tert-alkyl or cyclic N) is 1. The SMILES string of the molecule is Cc1cc(C)cc(C(N)C2(O)CN(C(=O)OC(C)(C)C)C2)c1. The number of aryl methyl sites for hydroxylation is 2. The Kier molecular flexibility index (Phi) is 4.24. The molecule has 1 amide bonds. The lowest BCUT2D eigenvalue weighted by molar-refractivity contribution is -0.113. The predicted octanol–water partition coefficient (Wildman–Crippen LogP) is 2.29. The second-order valence-corrected chi connectivity index (χ2v) is 7.34. The van der Waals surface area contributed by atoms with Gasteiger partial charge >= 0.3 is 6.09 Å². The Hall–Kier alpha value is -1.59. The molecule has 2 rings (SSSR count). The van der Waals surface area contributed by atoms with Gasteiger partial charge in [0.2, 0.25) is 0 Å². The third kappa shape index (κ3) is 3.59. The van der Waals surface area contributed by atoms with Crippen LogP contribution in [0, 0.1) is 13.8 Å². The molecule has 122 valence electrons. The van der Waals surface area contributed by atoms with Crippen molar-refractivity contribution in [3.8, 4) is 0 Å². The van der Waals surface area contributed by atoms with Gasteiger partial charge in [-0.25, -0.2) is 4.79 Å². The minimum Gasteiger partial charge on any atom is -0.444 e.